The van der Waals surface area contributed by atoms with Gasteiger partial charge in [0, 0.05) is 23.5 Å². The molecule has 1 saturated heterocycles. The molecule has 0 spiro atoms. The highest BCUT2D eigenvalue weighted by atomic mass is 32.2. The van der Waals surface area contributed by atoms with Gasteiger partial charge < -0.3 is 4.90 Å². The molecule has 1 atom stereocenters. The van der Waals surface area contributed by atoms with Gasteiger partial charge in [-0.2, -0.15) is 0 Å². The van der Waals surface area contributed by atoms with E-state index < -0.39 is 9.84 Å². The first-order chi connectivity index (χ1) is 16.0. The lowest BCUT2D eigenvalue weighted by molar-refractivity contribution is -0.133. The van der Waals surface area contributed by atoms with E-state index >= 15 is 0 Å². The minimum Gasteiger partial charge on any atom is -0.335 e. The molecule has 1 aliphatic heterocycles. The second-order valence-corrected chi connectivity index (χ2v) is 12.8. The standard InChI is InChI=1S/C25H33N3O3S2/c29-24(27(19-9-3-1-4-10-19)21-15-16-33(30,31)18-21)17-32-25-26-22-13-7-8-14-23(22)28(25)20-11-5-2-6-12-20/h2,5-6,11-12,19,21H,1,3-4,7-10,13-18H2. The van der Waals surface area contributed by atoms with Gasteiger partial charge in [0.05, 0.1) is 23.0 Å². The summed E-state index contributed by atoms with van der Waals surface area (Å²) in [4.78, 5) is 20.5. The van der Waals surface area contributed by atoms with Crippen LogP contribution in [0, 0.1) is 0 Å². The largest absolute Gasteiger partial charge is 0.335 e. The monoisotopic (exact) mass is 487 g/mol. The summed E-state index contributed by atoms with van der Waals surface area (Å²) in [7, 11) is -3.04. The summed E-state index contributed by atoms with van der Waals surface area (Å²) in [5, 5.41) is 0.879. The topological polar surface area (TPSA) is 72.3 Å². The Morgan fingerprint density at radius 2 is 1.76 bits per heavy atom. The van der Waals surface area contributed by atoms with Crippen molar-refractivity contribution in [2.24, 2.45) is 0 Å². The predicted molar refractivity (Wildman–Crippen MR) is 132 cm³/mol. The van der Waals surface area contributed by atoms with Crippen molar-refractivity contribution in [3.63, 3.8) is 0 Å². The fourth-order valence-corrected chi connectivity index (χ4v) is 8.35. The van der Waals surface area contributed by atoms with Crippen molar-refractivity contribution < 1.29 is 13.2 Å². The summed E-state index contributed by atoms with van der Waals surface area (Å²) < 4.78 is 26.6. The maximum Gasteiger partial charge on any atom is 0.233 e. The molecule has 0 radical (unpaired) electrons. The third-order valence-electron chi connectivity index (χ3n) is 7.30. The van der Waals surface area contributed by atoms with Crippen LogP contribution in [0.15, 0.2) is 35.5 Å². The molecule has 6 nitrogen and oxygen atoms in total. The highest BCUT2D eigenvalue weighted by molar-refractivity contribution is 7.99. The molecular weight excluding hydrogens is 454 g/mol. The van der Waals surface area contributed by atoms with Crippen molar-refractivity contribution >= 4 is 27.5 Å². The Morgan fingerprint density at radius 3 is 2.48 bits per heavy atom. The molecule has 1 amide bonds. The number of aryl methyl sites for hydroxylation is 1. The molecule has 178 valence electrons. The lowest BCUT2D eigenvalue weighted by atomic mass is 9.93. The predicted octanol–water partition coefficient (Wildman–Crippen LogP) is 4.19. The van der Waals surface area contributed by atoms with Crippen LogP contribution in [0.4, 0.5) is 0 Å². The van der Waals surface area contributed by atoms with Crippen LogP contribution < -0.4 is 0 Å². The molecule has 33 heavy (non-hydrogen) atoms. The number of rotatable bonds is 6. The van der Waals surface area contributed by atoms with Gasteiger partial charge in [0.1, 0.15) is 0 Å². The highest BCUT2D eigenvalue weighted by Gasteiger charge is 2.38. The van der Waals surface area contributed by atoms with Crippen LogP contribution in [0.25, 0.3) is 5.69 Å². The Bertz CT molecular complexity index is 1090. The molecule has 1 saturated carbocycles. The van der Waals surface area contributed by atoms with E-state index in [1.807, 2.05) is 23.1 Å². The van der Waals surface area contributed by atoms with Crippen LogP contribution in [-0.2, 0) is 27.5 Å². The van der Waals surface area contributed by atoms with Crippen molar-refractivity contribution in [3.8, 4) is 5.69 Å². The number of amides is 1. The van der Waals surface area contributed by atoms with E-state index in [4.69, 9.17) is 4.98 Å². The summed E-state index contributed by atoms with van der Waals surface area (Å²) in [5.41, 5.74) is 3.52. The Kier molecular flexibility index (Phi) is 6.84. The zero-order valence-electron chi connectivity index (χ0n) is 19.1. The van der Waals surface area contributed by atoms with Crippen LogP contribution in [0.3, 0.4) is 0 Å². The Hall–Kier alpha value is -1.80. The molecule has 2 aliphatic carbocycles. The molecule has 2 fully saturated rings. The van der Waals surface area contributed by atoms with E-state index in [9.17, 15) is 13.2 Å². The first kappa shape index (κ1) is 23.0. The van der Waals surface area contributed by atoms with Gasteiger partial charge in [-0.15, -0.1) is 0 Å². The molecule has 1 aromatic heterocycles. The minimum atomic E-state index is -3.04. The molecule has 0 bridgehead atoms. The first-order valence-corrected chi connectivity index (χ1v) is 15.1. The van der Waals surface area contributed by atoms with Crippen LogP contribution in [-0.4, -0.2) is 58.1 Å². The number of nitrogens with zero attached hydrogens (tertiary/aromatic N) is 3. The van der Waals surface area contributed by atoms with Gasteiger partial charge in [0.25, 0.3) is 0 Å². The summed E-state index contributed by atoms with van der Waals surface area (Å²) in [6, 6.07) is 10.3. The molecule has 5 rings (SSSR count). The van der Waals surface area contributed by atoms with Gasteiger partial charge in [-0.3, -0.25) is 9.36 Å². The number of aromatic nitrogens is 2. The SMILES string of the molecule is O=C(CSc1nc2c(n1-c1ccccc1)CCCC2)N(C1CCCCC1)C1CCS(=O)(=O)C1. The Morgan fingerprint density at radius 1 is 1.00 bits per heavy atom. The van der Waals surface area contributed by atoms with E-state index in [0.29, 0.717) is 12.2 Å². The lowest BCUT2D eigenvalue weighted by Gasteiger charge is -2.38. The number of imidazole rings is 1. The van der Waals surface area contributed by atoms with Crippen molar-refractivity contribution in [2.75, 3.05) is 17.3 Å². The van der Waals surface area contributed by atoms with Gasteiger partial charge in [-0.05, 0) is 57.1 Å². The van der Waals surface area contributed by atoms with Crippen LogP contribution in [0.2, 0.25) is 0 Å². The van der Waals surface area contributed by atoms with Crippen molar-refractivity contribution in [1.29, 1.82) is 0 Å². The van der Waals surface area contributed by atoms with Gasteiger partial charge >= 0.3 is 0 Å². The maximum absolute atomic E-state index is 13.6. The fourth-order valence-electron chi connectivity index (χ4n) is 5.72. The molecule has 2 aromatic rings. The zero-order valence-corrected chi connectivity index (χ0v) is 20.7. The number of carbonyl (C=O) groups is 1. The Balaban J connectivity index is 1.38. The quantitative estimate of drug-likeness (QED) is 0.571. The Labute approximate surface area is 201 Å². The second kappa shape index (κ2) is 9.82. The number of benzene rings is 1. The van der Waals surface area contributed by atoms with Crippen LogP contribution >= 0.6 is 11.8 Å². The number of hydrogen-bond acceptors (Lipinski definition) is 5. The third kappa shape index (κ3) is 5.02. The molecule has 0 N–H and O–H groups in total. The average molecular weight is 488 g/mol. The molecule has 3 aliphatic rings. The van der Waals surface area contributed by atoms with Gasteiger partial charge in [-0.25, -0.2) is 13.4 Å². The van der Waals surface area contributed by atoms with E-state index in [-0.39, 0.29) is 29.5 Å². The van der Waals surface area contributed by atoms with E-state index in [1.54, 1.807) is 0 Å². The number of hydrogen-bond donors (Lipinski definition) is 0. The number of para-hydroxylation sites is 1. The molecular formula is C25H33N3O3S2. The fraction of sp³-hybridized carbons (Fsp3) is 0.600. The first-order valence-electron chi connectivity index (χ1n) is 12.3. The van der Waals surface area contributed by atoms with E-state index in [0.717, 1.165) is 61.5 Å². The average Bonchev–Trinajstić information content (AvgIpc) is 3.38. The number of sulfone groups is 1. The summed E-state index contributed by atoms with van der Waals surface area (Å²) in [5.74, 6) is 0.685. The summed E-state index contributed by atoms with van der Waals surface area (Å²) >= 11 is 1.51. The van der Waals surface area contributed by atoms with Gasteiger partial charge in [0.15, 0.2) is 15.0 Å². The lowest BCUT2D eigenvalue weighted by Crippen LogP contribution is -2.49. The second-order valence-electron chi connectivity index (χ2n) is 9.60. The molecule has 1 unspecified atom stereocenters. The van der Waals surface area contributed by atoms with Crippen LogP contribution in [0.5, 0.6) is 0 Å². The van der Waals surface area contributed by atoms with Crippen molar-refractivity contribution in [1.82, 2.24) is 14.5 Å². The summed E-state index contributed by atoms with van der Waals surface area (Å²) in [6.07, 6.45) is 10.3. The smallest absolute Gasteiger partial charge is 0.233 e. The van der Waals surface area contributed by atoms with Crippen molar-refractivity contribution in [3.05, 3.63) is 41.7 Å². The molecule has 1 aromatic carbocycles. The number of fused-ring (bicyclic) bond motifs is 1. The third-order valence-corrected chi connectivity index (χ3v) is 9.97. The van der Waals surface area contributed by atoms with Gasteiger partial charge in [0.2, 0.25) is 5.91 Å². The normalized spacial score (nSPS) is 22.7. The van der Waals surface area contributed by atoms with Crippen molar-refractivity contribution in [2.45, 2.75) is 81.4 Å². The molecule has 8 heteroatoms. The van der Waals surface area contributed by atoms with Crippen LogP contribution in [0.1, 0.15) is 62.8 Å². The zero-order chi connectivity index (χ0) is 22.8. The number of thioether (sulfide) groups is 1. The molecule has 2 heterocycles. The summed E-state index contributed by atoms with van der Waals surface area (Å²) in [6.45, 7) is 0. The van der Waals surface area contributed by atoms with Gasteiger partial charge in [-0.1, -0.05) is 49.2 Å². The van der Waals surface area contributed by atoms with E-state index in [2.05, 4.69) is 16.7 Å². The number of carbonyl (C=O) groups excluding carboxylic acids is 1. The minimum absolute atomic E-state index is 0.0644. The van der Waals surface area contributed by atoms with E-state index in [1.165, 1.54) is 30.3 Å². The maximum atomic E-state index is 13.6. The highest BCUT2D eigenvalue weighted by Crippen LogP contribution is 2.33.